The highest BCUT2D eigenvalue weighted by Gasteiger charge is 2.34. The van der Waals surface area contributed by atoms with E-state index in [1.807, 2.05) is 0 Å². The van der Waals surface area contributed by atoms with Crippen LogP contribution in [0.3, 0.4) is 0 Å². The highest BCUT2D eigenvalue weighted by Crippen LogP contribution is 2.23. The first-order chi connectivity index (χ1) is 6.33. The molecule has 0 spiro atoms. The number of amides is 1. The van der Waals surface area contributed by atoms with E-state index < -0.39 is 11.4 Å². The monoisotopic (exact) mass is 199 g/mol. The molecule has 3 unspecified atom stereocenters. The molecule has 4 heteroatoms. The predicted octanol–water partition coefficient (Wildman–Crippen LogP) is -0.0806. The molecule has 4 N–H and O–H groups in total. The molecule has 1 fully saturated rings. The van der Waals surface area contributed by atoms with Crippen LogP contribution in [0.1, 0.15) is 27.2 Å². The molecule has 1 aliphatic heterocycles. The molecule has 0 bridgehead atoms. The number of hydrogen-bond acceptors (Lipinski definition) is 3. The van der Waals surface area contributed by atoms with Gasteiger partial charge in [0.25, 0.3) is 0 Å². The molecule has 0 aliphatic carbocycles. The van der Waals surface area contributed by atoms with Crippen molar-refractivity contribution in [2.24, 2.45) is 17.4 Å². The maximum absolute atomic E-state index is 11.1. The van der Waals surface area contributed by atoms with E-state index in [1.54, 1.807) is 6.92 Å². The Morgan fingerprint density at radius 1 is 1.57 bits per heavy atom. The lowest BCUT2D eigenvalue weighted by Crippen LogP contribution is -2.57. The van der Waals surface area contributed by atoms with Crippen LogP contribution in [0.2, 0.25) is 0 Å². The summed E-state index contributed by atoms with van der Waals surface area (Å²) in [7, 11) is 0. The normalized spacial score (nSPS) is 32.9. The summed E-state index contributed by atoms with van der Waals surface area (Å²) >= 11 is 0. The van der Waals surface area contributed by atoms with E-state index in [9.17, 15) is 4.79 Å². The first-order valence-corrected chi connectivity index (χ1v) is 5.16. The van der Waals surface area contributed by atoms with Crippen LogP contribution in [0.5, 0.6) is 0 Å². The van der Waals surface area contributed by atoms with Gasteiger partial charge in [0, 0.05) is 19.1 Å². The van der Waals surface area contributed by atoms with Gasteiger partial charge in [-0.1, -0.05) is 6.92 Å². The average molecular weight is 199 g/mol. The van der Waals surface area contributed by atoms with Crippen LogP contribution < -0.4 is 11.5 Å². The van der Waals surface area contributed by atoms with Gasteiger partial charge in [-0.2, -0.15) is 0 Å². The van der Waals surface area contributed by atoms with Gasteiger partial charge >= 0.3 is 0 Å². The summed E-state index contributed by atoms with van der Waals surface area (Å²) in [5.74, 6) is 0.262. The van der Waals surface area contributed by atoms with Crippen LogP contribution in [0, 0.1) is 5.92 Å². The largest absolute Gasteiger partial charge is 0.368 e. The summed E-state index contributed by atoms with van der Waals surface area (Å²) in [5, 5.41) is 0. The lowest BCUT2D eigenvalue weighted by molar-refractivity contribution is -0.123. The molecule has 1 heterocycles. The molecule has 14 heavy (non-hydrogen) atoms. The second-order valence-electron chi connectivity index (χ2n) is 4.90. The Morgan fingerprint density at radius 3 is 2.50 bits per heavy atom. The maximum Gasteiger partial charge on any atom is 0.238 e. The van der Waals surface area contributed by atoms with Gasteiger partial charge in [-0.25, -0.2) is 0 Å². The zero-order valence-corrected chi connectivity index (χ0v) is 9.29. The number of nitrogens with zero attached hydrogens (tertiary/aromatic N) is 1. The van der Waals surface area contributed by atoms with Gasteiger partial charge in [0.1, 0.15) is 5.54 Å². The SMILES string of the molecule is CC1CC(C)N(CC(C)(N)C(N)=O)C1. The minimum atomic E-state index is -0.904. The molecule has 4 nitrogen and oxygen atoms in total. The molecule has 0 radical (unpaired) electrons. The number of primary amides is 1. The Balaban J connectivity index is 2.56. The van der Waals surface area contributed by atoms with Crippen LogP contribution in [-0.2, 0) is 4.79 Å². The second-order valence-corrected chi connectivity index (χ2v) is 4.90. The zero-order valence-electron chi connectivity index (χ0n) is 9.29. The molecule has 1 saturated heterocycles. The maximum atomic E-state index is 11.1. The number of carbonyl (C=O) groups is 1. The Labute approximate surface area is 85.6 Å². The van der Waals surface area contributed by atoms with Gasteiger partial charge in [-0.3, -0.25) is 9.69 Å². The average Bonchev–Trinajstić information content (AvgIpc) is 2.29. The second kappa shape index (κ2) is 3.87. The van der Waals surface area contributed by atoms with E-state index >= 15 is 0 Å². The number of rotatable bonds is 3. The molecule has 82 valence electrons. The molecule has 0 aromatic rings. The minimum Gasteiger partial charge on any atom is -0.368 e. The van der Waals surface area contributed by atoms with Crippen LogP contribution in [0.4, 0.5) is 0 Å². The topological polar surface area (TPSA) is 72.3 Å². The fourth-order valence-corrected chi connectivity index (χ4v) is 2.11. The fraction of sp³-hybridized carbons (Fsp3) is 0.900. The van der Waals surface area contributed by atoms with Crippen molar-refractivity contribution in [1.29, 1.82) is 0 Å². The van der Waals surface area contributed by atoms with E-state index in [2.05, 4.69) is 18.7 Å². The Bertz CT molecular complexity index is 227. The van der Waals surface area contributed by atoms with Crippen LogP contribution >= 0.6 is 0 Å². The molecule has 1 rings (SSSR count). The van der Waals surface area contributed by atoms with E-state index in [0.29, 0.717) is 18.5 Å². The molecule has 1 aliphatic rings. The highest BCUT2D eigenvalue weighted by atomic mass is 16.1. The molecule has 1 amide bonds. The van der Waals surface area contributed by atoms with Crippen molar-refractivity contribution in [3.63, 3.8) is 0 Å². The third-order valence-electron chi connectivity index (χ3n) is 3.01. The number of likely N-dealkylation sites (tertiary alicyclic amines) is 1. The third kappa shape index (κ3) is 2.45. The number of nitrogens with two attached hydrogens (primary N) is 2. The lowest BCUT2D eigenvalue weighted by Gasteiger charge is -2.29. The molecular formula is C10H21N3O. The first-order valence-electron chi connectivity index (χ1n) is 5.16. The van der Waals surface area contributed by atoms with Crippen LogP contribution in [0.15, 0.2) is 0 Å². The smallest absolute Gasteiger partial charge is 0.238 e. The summed E-state index contributed by atoms with van der Waals surface area (Å²) in [5.41, 5.74) is 10.2. The number of hydrogen-bond donors (Lipinski definition) is 2. The van der Waals surface area contributed by atoms with Crippen molar-refractivity contribution in [3.8, 4) is 0 Å². The number of carbonyl (C=O) groups excluding carboxylic acids is 1. The van der Waals surface area contributed by atoms with E-state index in [1.165, 1.54) is 6.42 Å². The van der Waals surface area contributed by atoms with E-state index in [4.69, 9.17) is 11.5 Å². The predicted molar refractivity (Wildman–Crippen MR) is 56.6 cm³/mol. The fourth-order valence-electron chi connectivity index (χ4n) is 2.11. The van der Waals surface area contributed by atoms with Gasteiger partial charge in [0.2, 0.25) is 5.91 Å². The minimum absolute atomic E-state index is 0.427. The van der Waals surface area contributed by atoms with Crippen molar-refractivity contribution in [3.05, 3.63) is 0 Å². The molecule has 3 atom stereocenters. The first kappa shape index (κ1) is 11.5. The van der Waals surface area contributed by atoms with Crippen molar-refractivity contribution in [1.82, 2.24) is 4.90 Å². The van der Waals surface area contributed by atoms with Crippen LogP contribution in [-0.4, -0.2) is 35.5 Å². The summed E-state index contributed by atoms with van der Waals surface area (Å²) < 4.78 is 0. The summed E-state index contributed by atoms with van der Waals surface area (Å²) in [6, 6.07) is 0.507. The van der Waals surface area contributed by atoms with E-state index in [-0.39, 0.29) is 0 Å². The van der Waals surface area contributed by atoms with Crippen LogP contribution in [0.25, 0.3) is 0 Å². The van der Waals surface area contributed by atoms with Gasteiger partial charge < -0.3 is 11.5 Å². The van der Waals surface area contributed by atoms with Crippen molar-refractivity contribution in [2.75, 3.05) is 13.1 Å². The standard InChI is InChI=1S/C10H21N3O/c1-7-4-8(2)13(5-7)6-10(3,12)9(11)14/h7-8H,4-6,12H2,1-3H3,(H2,11,14). The quantitative estimate of drug-likeness (QED) is 0.667. The van der Waals surface area contributed by atoms with Gasteiger partial charge in [0.05, 0.1) is 0 Å². The summed E-state index contributed by atoms with van der Waals surface area (Å²) in [6.07, 6.45) is 1.18. The highest BCUT2D eigenvalue weighted by molar-refractivity contribution is 5.84. The Kier molecular flexibility index (Phi) is 3.17. The van der Waals surface area contributed by atoms with E-state index in [0.717, 1.165) is 6.54 Å². The Morgan fingerprint density at radius 2 is 2.14 bits per heavy atom. The third-order valence-corrected chi connectivity index (χ3v) is 3.01. The van der Waals surface area contributed by atoms with Gasteiger partial charge in [-0.15, -0.1) is 0 Å². The summed E-state index contributed by atoms with van der Waals surface area (Å²) in [6.45, 7) is 7.66. The van der Waals surface area contributed by atoms with Crippen molar-refractivity contribution < 1.29 is 4.79 Å². The van der Waals surface area contributed by atoms with Crippen molar-refractivity contribution in [2.45, 2.75) is 38.8 Å². The molecular weight excluding hydrogens is 178 g/mol. The van der Waals surface area contributed by atoms with Gasteiger partial charge in [-0.05, 0) is 26.2 Å². The van der Waals surface area contributed by atoms with Crippen molar-refractivity contribution >= 4 is 5.91 Å². The molecule has 0 saturated carbocycles. The summed E-state index contributed by atoms with van der Waals surface area (Å²) in [4.78, 5) is 13.3. The molecule has 0 aromatic carbocycles. The Hall–Kier alpha value is -0.610. The zero-order chi connectivity index (χ0) is 10.9. The van der Waals surface area contributed by atoms with Gasteiger partial charge in [0.15, 0.2) is 0 Å². The molecule has 0 aromatic heterocycles. The lowest BCUT2D eigenvalue weighted by atomic mass is 10.0.